The van der Waals surface area contributed by atoms with Crippen LogP contribution in [0.1, 0.15) is 6.92 Å². The lowest BCUT2D eigenvalue weighted by atomic mass is 10.5. The highest BCUT2D eigenvalue weighted by Crippen LogP contribution is 2.17. The van der Waals surface area contributed by atoms with Crippen molar-refractivity contribution in [2.75, 3.05) is 0 Å². The molecule has 0 saturated carbocycles. The van der Waals surface area contributed by atoms with Crippen molar-refractivity contribution >= 4 is 28.6 Å². The Morgan fingerprint density at radius 2 is 2.36 bits per heavy atom. The third-order valence-corrected chi connectivity index (χ3v) is 1.53. The first-order chi connectivity index (χ1) is 5.18. The molecule has 1 unspecified atom stereocenters. The molecule has 0 aliphatic carbocycles. The first-order valence-electron chi connectivity index (χ1n) is 3.14. The van der Waals surface area contributed by atoms with Crippen LogP contribution in [0.25, 0.3) is 0 Å². The molecule has 11 heavy (non-hydrogen) atoms. The predicted octanol–water partition coefficient (Wildman–Crippen LogP) is 2.50. The van der Waals surface area contributed by atoms with Gasteiger partial charge in [0.25, 0.3) is 0 Å². The molecule has 1 heterocycles. The molecule has 0 amide bonds. The van der Waals surface area contributed by atoms with Gasteiger partial charge in [0.05, 0.1) is 6.20 Å². The summed E-state index contributed by atoms with van der Waals surface area (Å²) in [5, 5.41) is 0. The lowest BCUT2D eigenvalue weighted by molar-refractivity contribution is 0.308. The maximum atomic E-state index is 5.27. The number of hydrogen-bond donors (Lipinski definition) is 1. The van der Waals surface area contributed by atoms with Crippen LogP contribution in [0, 0.1) is 0 Å². The van der Waals surface area contributed by atoms with Crippen LogP contribution in [0.4, 0.5) is 0 Å². The van der Waals surface area contributed by atoms with Gasteiger partial charge in [-0.15, -0.1) is 12.6 Å². The second kappa shape index (κ2) is 3.97. The van der Waals surface area contributed by atoms with E-state index in [4.69, 9.17) is 4.74 Å². The van der Waals surface area contributed by atoms with Crippen LogP contribution < -0.4 is 4.74 Å². The molecule has 0 aliphatic rings. The zero-order valence-corrected chi connectivity index (χ0v) is 8.47. The molecule has 60 valence electrons. The number of aromatic nitrogens is 1. The fourth-order valence-electron chi connectivity index (χ4n) is 0.654. The van der Waals surface area contributed by atoms with Crippen molar-refractivity contribution in [1.82, 2.24) is 4.98 Å². The molecule has 0 spiro atoms. The van der Waals surface area contributed by atoms with Crippen LogP contribution in [0.3, 0.4) is 0 Å². The summed E-state index contributed by atoms with van der Waals surface area (Å²) in [6, 6.07) is 1.85. The molecule has 0 aromatic carbocycles. The standard InChI is InChI=1S/C7H8BrNOS/c1-5(11)10-7-2-6(8)3-9-4-7/h2-5,11H,1H3. The van der Waals surface area contributed by atoms with E-state index < -0.39 is 0 Å². The highest BCUT2D eigenvalue weighted by Gasteiger charge is 1.97. The molecule has 0 N–H and O–H groups in total. The summed E-state index contributed by atoms with van der Waals surface area (Å²) in [7, 11) is 0. The van der Waals surface area contributed by atoms with Gasteiger partial charge in [0.15, 0.2) is 0 Å². The van der Waals surface area contributed by atoms with Gasteiger partial charge in [-0.05, 0) is 28.9 Å². The number of nitrogens with zero attached hydrogens (tertiary/aromatic N) is 1. The van der Waals surface area contributed by atoms with E-state index in [0.29, 0.717) is 0 Å². The van der Waals surface area contributed by atoms with Crippen molar-refractivity contribution < 1.29 is 4.74 Å². The van der Waals surface area contributed by atoms with Gasteiger partial charge in [-0.2, -0.15) is 0 Å². The third-order valence-electron chi connectivity index (χ3n) is 0.986. The quantitative estimate of drug-likeness (QED) is 0.627. The van der Waals surface area contributed by atoms with Crippen molar-refractivity contribution in [1.29, 1.82) is 0 Å². The highest BCUT2D eigenvalue weighted by molar-refractivity contribution is 9.10. The molecule has 0 bridgehead atoms. The van der Waals surface area contributed by atoms with Gasteiger partial charge in [-0.25, -0.2) is 0 Å². The molecule has 4 heteroatoms. The molecule has 0 fully saturated rings. The molecule has 1 aromatic rings. The minimum atomic E-state index is -0.105. The van der Waals surface area contributed by atoms with Crippen LogP contribution in [0.15, 0.2) is 22.9 Å². The number of ether oxygens (including phenoxy) is 1. The molecule has 0 aliphatic heterocycles. The largest absolute Gasteiger partial charge is 0.479 e. The van der Waals surface area contributed by atoms with E-state index in [-0.39, 0.29) is 5.44 Å². The monoisotopic (exact) mass is 233 g/mol. The maximum absolute atomic E-state index is 5.27. The molecule has 0 radical (unpaired) electrons. The second-order valence-electron chi connectivity index (χ2n) is 2.06. The normalized spacial score (nSPS) is 12.6. The molecule has 1 aromatic heterocycles. The van der Waals surface area contributed by atoms with Crippen molar-refractivity contribution in [3.8, 4) is 5.75 Å². The van der Waals surface area contributed by atoms with Crippen LogP contribution in [0.5, 0.6) is 5.75 Å². The maximum Gasteiger partial charge on any atom is 0.140 e. The van der Waals surface area contributed by atoms with Gasteiger partial charge < -0.3 is 4.74 Å². The molecule has 1 atom stereocenters. The summed E-state index contributed by atoms with van der Waals surface area (Å²) in [5.41, 5.74) is -0.105. The van der Waals surface area contributed by atoms with Crippen molar-refractivity contribution in [3.63, 3.8) is 0 Å². The van der Waals surface area contributed by atoms with E-state index in [1.54, 1.807) is 12.4 Å². The molecular formula is C7H8BrNOS. The van der Waals surface area contributed by atoms with E-state index in [1.807, 2.05) is 13.0 Å². The van der Waals surface area contributed by atoms with E-state index in [1.165, 1.54) is 0 Å². The average molecular weight is 234 g/mol. The smallest absolute Gasteiger partial charge is 0.140 e. The Hall–Kier alpha value is -0.220. The van der Waals surface area contributed by atoms with Crippen molar-refractivity contribution in [2.45, 2.75) is 12.4 Å². The zero-order chi connectivity index (χ0) is 8.27. The van der Waals surface area contributed by atoms with Gasteiger partial charge in [0, 0.05) is 10.7 Å². The first-order valence-corrected chi connectivity index (χ1v) is 4.44. The fraction of sp³-hybridized carbons (Fsp3) is 0.286. The Balaban J connectivity index is 2.71. The zero-order valence-electron chi connectivity index (χ0n) is 5.99. The van der Waals surface area contributed by atoms with Gasteiger partial charge >= 0.3 is 0 Å². The number of halogens is 1. The Bertz CT molecular complexity index is 242. The van der Waals surface area contributed by atoms with Crippen LogP contribution in [0.2, 0.25) is 0 Å². The van der Waals surface area contributed by atoms with E-state index in [9.17, 15) is 0 Å². The van der Waals surface area contributed by atoms with E-state index >= 15 is 0 Å². The van der Waals surface area contributed by atoms with Gasteiger partial charge in [-0.3, -0.25) is 4.98 Å². The summed E-state index contributed by atoms with van der Waals surface area (Å²) in [4.78, 5) is 3.93. The van der Waals surface area contributed by atoms with E-state index in [0.717, 1.165) is 10.2 Å². The minimum absolute atomic E-state index is 0.105. The molecule has 2 nitrogen and oxygen atoms in total. The lowest BCUT2D eigenvalue weighted by Crippen LogP contribution is -2.02. The fourth-order valence-corrected chi connectivity index (χ4v) is 1.12. The van der Waals surface area contributed by atoms with E-state index in [2.05, 4.69) is 33.5 Å². The van der Waals surface area contributed by atoms with Gasteiger partial charge in [0.1, 0.15) is 11.2 Å². The summed E-state index contributed by atoms with van der Waals surface area (Å²) in [6.45, 7) is 1.85. The summed E-state index contributed by atoms with van der Waals surface area (Å²) >= 11 is 7.36. The number of thiol groups is 1. The Morgan fingerprint density at radius 1 is 1.64 bits per heavy atom. The topological polar surface area (TPSA) is 22.1 Å². The number of pyridine rings is 1. The number of hydrogen-bond acceptors (Lipinski definition) is 3. The summed E-state index contributed by atoms with van der Waals surface area (Å²) in [6.07, 6.45) is 3.35. The first kappa shape index (κ1) is 8.87. The Labute approximate surface area is 79.5 Å². The molecule has 1 rings (SSSR count). The lowest BCUT2D eigenvalue weighted by Gasteiger charge is -2.07. The minimum Gasteiger partial charge on any atom is -0.479 e. The molecular weight excluding hydrogens is 226 g/mol. The summed E-state index contributed by atoms with van der Waals surface area (Å²) < 4.78 is 6.17. The Kier molecular flexibility index (Phi) is 3.20. The predicted molar refractivity (Wildman–Crippen MR) is 51.0 cm³/mol. The number of rotatable bonds is 2. The Morgan fingerprint density at radius 3 is 2.91 bits per heavy atom. The SMILES string of the molecule is CC(S)Oc1cncc(Br)c1. The third kappa shape index (κ3) is 3.12. The average Bonchev–Trinajstić information content (AvgIpc) is 1.85. The van der Waals surface area contributed by atoms with Crippen molar-refractivity contribution in [2.24, 2.45) is 0 Å². The van der Waals surface area contributed by atoms with Gasteiger partial charge in [-0.1, -0.05) is 0 Å². The van der Waals surface area contributed by atoms with Crippen molar-refractivity contribution in [3.05, 3.63) is 22.9 Å². The van der Waals surface area contributed by atoms with Crippen LogP contribution >= 0.6 is 28.6 Å². The second-order valence-corrected chi connectivity index (χ2v) is 3.70. The van der Waals surface area contributed by atoms with Crippen LogP contribution in [-0.4, -0.2) is 10.4 Å². The van der Waals surface area contributed by atoms with Crippen LogP contribution in [-0.2, 0) is 0 Å². The highest BCUT2D eigenvalue weighted by atomic mass is 79.9. The van der Waals surface area contributed by atoms with Gasteiger partial charge in [0.2, 0.25) is 0 Å². The summed E-state index contributed by atoms with van der Waals surface area (Å²) in [5.74, 6) is 0.724. The molecule has 0 saturated heterocycles.